The van der Waals surface area contributed by atoms with Gasteiger partial charge in [0, 0.05) is 13.0 Å². The third kappa shape index (κ3) is 13.3. The van der Waals surface area contributed by atoms with E-state index >= 15 is 0 Å². The van der Waals surface area contributed by atoms with Crippen LogP contribution in [-0.4, -0.2) is 28.5 Å². The Morgan fingerprint density at radius 3 is 2.39 bits per heavy atom. The van der Waals surface area contributed by atoms with E-state index in [-0.39, 0.29) is 18.7 Å². The zero-order chi connectivity index (χ0) is 23.7. The predicted molar refractivity (Wildman–Crippen MR) is 121 cm³/mol. The van der Waals surface area contributed by atoms with Gasteiger partial charge in [0.2, 0.25) is 5.91 Å². The fourth-order valence-electron chi connectivity index (χ4n) is 3.01. The maximum Gasteiger partial charge on any atom is 0.266 e. The first-order valence-corrected chi connectivity index (χ1v) is 11.0. The van der Waals surface area contributed by atoms with Gasteiger partial charge in [-0.1, -0.05) is 58.0 Å². The van der Waals surface area contributed by atoms with Crippen LogP contribution < -0.4 is 21.4 Å². The minimum absolute atomic E-state index is 0.156. The number of hydrogen-bond acceptors (Lipinski definition) is 5. The van der Waals surface area contributed by atoms with E-state index in [9.17, 15) is 19.7 Å². The second kappa shape index (κ2) is 16.1. The maximum absolute atomic E-state index is 12.9. The number of carbonyl (C=O) groups is 2. The molecule has 0 aliphatic rings. The summed E-state index contributed by atoms with van der Waals surface area (Å²) in [7, 11) is 0. The highest BCUT2D eigenvalue weighted by Crippen LogP contribution is 2.14. The number of allylic oxidation sites excluding steroid dienone is 1. The summed E-state index contributed by atoms with van der Waals surface area (Å²) < 4.78 is 0. The van der Waals surface area contributed by atoms with Crippen molar-refractivity contribution in [2.45, 2.75) is 90.6 Å². The van der Waals surface area contributed by atoms with Crippen LogP contribution >= 0.6 is 0 Å². The predicted octanol–water partition coefficient (Wildman–Crippen LogP) is 3.15. The Morgan fingerprint density at radius 2 is 1.81 bits per heavy atom. The van der Waals surface area contributed by atoms with Crippen LogP contribution in [0.2, 0.25) is 0 Å². The van der Waals surface area contributed by atoms with Crippen molar-refractivity contribution in [1.29, 1.82) is 5.41 Å². The minimum Gasteiger partial charge on any atom is -0.348 e. The average molecular weight is 440 g/mol. The molecular formula is C21H39N6O4. The Kier molecular flexibility index (Phi) is 14.7. The van der Waals surface area contributed by atoms with Gasteiger partial charge in [0.1, 0.15) is 0 Å². The van der Waals surface area contributed by atoms with Crippen molar-refractivity contribution < 1.29 is 14.6 Å². The molecule has 0 aromatic heterocycles. The molecule has 0 spiro atoms. The van der Waals surface area contributed by atoms with E-state index in [2.05, 4.69) is 22.5 Å². The first-order chi connectivity index (χ1) is 14.7. The standard InChI is InChI=1S/C21H39N6O4/c1-5-7-8-9-10-11-12-13-18(28)24-21(15-6-2,25-20(22)26-27(30)31)19(29)23-16-14-17(3)4/h5,16-17H,1,6-15H2,2-4H3,(H,23,29)(H,24,28)(H3,22,25,26)/t21-/m1/s1. The van der Waals surface area contributed by atoms with Gasteiger partial charge in [0.05, 0.1) is 0 Å². The first kappa shape index (κ1) is 28.4. The van der Waals surface area contributed by atoms with Crippen molar-refractivity contribution in [2.24, 2.45) is 5.92 Å². The van der Waals surface area contributed by atoms with Gasteiger partial charge in [-0.2, -0.15) is 0 Å². The van der Waals surface area contributed by atoms with Crippen LogP contribution in [0.25, 0.3) is 0 Å². The second-order valence-corrected chi connectivity index (χ2v) is 7.97. The number of rotatable bonds is 17. The van der Waals surface area contributed by atoms with Gasteiger partial charge < -0.3 is 16.0 Å². The van der Waals surface area contributed by atoms with E-state index in [1.807, 2.05) is 26.8 Å². The summed E-state index contributed by atoms with van der Waals surface area (Å²) >= 11 is 0. The topological polar surface area (TPSA) is 149 Å². The molecule has 0 aromatic rings. The van der Waals surface area contributed by atoms with Crippen LogP contribution in [-0.2, 0) is 9.59 Å². The van der Waals surface area contributed by atoms with Gasteiger partial charge in [-0.05, 0) is 38.0 Å². The van der Waals surface area contributed by atoms with Crippen LogP contribution in [0.15, 0.2) is 12.7 Å². The molecule has 0 bridgehead atoms. The van der Waals surface area contributed by atoms with Crippen LogP contribution in [0.5, 0.6) is 0 Å². The molecule has 1 atom stereocenters. The Hall–Kier alpha value is -2.65. The normalized spacial score (nSPS) is 12.5. The van der Waals surface area contributed by atoms with Gasteiger partial charge in [0.25, 0.3) is 11.9 Å². The van der Waals surface area contributed by atoms with Crippen LogP contribution in [0.4, 0.5) is 0 Å². The number of carbonyl (C=O) groups excluding carboxylic acids is 2. The highest BCUT2D eigenvalue weighted by Gasteiger charge is 2.40. The lowest BCUT2D eigenvalue weighted by molar-refractivity contribution is -0.526. The van der Waals surface area contributed by atoms with E-state index in [4.69, 9.17) is 5.41 Å². The smallest absolute Gasteiger partial charge is 0.266 e. The molecule has 0 aliphatic carbocycles. The maximum atomic E-state index is 12.9. The van der Waals surface area contributed by atoms with Crippen molar-refractivity contribution in [3.63, 3.8) is 0 Å². The Balaban J connectivity index is 5.08. The largest absolute Gasteiger partial charge is 0.348 e. The molecule has 10 nitrogen and oxygen atoms in total. The van der Waals surface area contributed by atoms with E-state index in [1.54, 1.807) is 12.0 Å². The van der Waals surface area contributed by atoms with Crippen molar-refractivity contribution >= 4 is 17.8 Å². The molecule has 0 aromatic carbocycles. The van der Waals surface area contributed by atoms with Crippen LogP contribution in [0.1, 0.15) is 85.0 Å². The summed E-state index contributed by atoms with van der Waals surface area (Å²) in [5.74, 6) is -1.27. The van der Waals surface area contributed by atoms with Crippen molar-refractivity contribution in [3.05, 3.63) is 29.3 Å². The SMILES string of the molecule is C=CCCCCCCCC(=O)N[C@](CCC)(NC(=N)N[N+](=O)[O-])C(=O)N[CH]CC(C)C. The quantitative estimate of drug-likeness (QED) is 0.0447. The summed E-state index contributed by atoms with van der Waals surface area (Å²) in [5, 5.41) is 25.4. The molecule has 5 N–H and O–H groups in total. The number of unbranched alkanes of at least 4 members (excludes halogenated alkanes) is 5. The van der Waals surface area contributed by atoms with Gasteiger partial charge in [0.15, 0.2) is 10.7 Å². The molecule has 0 rings (SSSR count). The zero-order valence-corrected chi connectivity index (χ0v) is 19.1. The average Bonchev–Trinajstić information content (AvgIpc) is 2.66. The summed E-state index contributed by atoms with van der Waals surface area (Å²) in [6.45, 7) is 11.1. The number of guanidine groups is 1. The molecule has 1 radical (unpaired) electrons. The Labute approximate surface area is 185 Å². The number of hydrogen-bond donors (Lipinski definition) is 5. The fourth-order valence-corrected chi connectivity index (χ4v) is 3.01. The molecule has 0 saturated heterocycles. The minimum atomic E-state index is -1.66. The molecule has 0 heterocycles. The summed E-state index contributed by atoms with van der Waals surface area (Å²) in [6.07, 6.45) is 9.13. The summed E-state index contributed by atoms with van der Waals surface area (Å²) in [6, 6.07) is 0. The monoisotopic (exact) mass is 439 g/mol. The van der Waals surface area contributed by atoms with Gasteiger partial charge in [-0.25, -0.2) is 10.1 Å². The van der Waals surface area contributed by atoms with Gasteiger partial charge in [-0.15, -0.1) is 6.58 Å². The van der Waals surface area contributed by atoms with E-state index in [0.717, 1.165) is 32.1 Å². The molecule has 10 heteroatoms. The van der Waals surface area contributed by atoms with Crippen molar-refractivity contribution in [2.75, 3.05) is 0 Å². The molecule has 0 fully saturated rings. The highest BCUT2D eigenvalue weighted by molar-refractivity contribution is 5.95. The number of nitrogens with zero attached hydrogens (tertiary/aromatic N) is 1. The molecule has 2 amide bonds. The van der Waals surface area contributed by atoms with E-state index in [0.29, 0.717) is 25.2 Å². The van der Waals surface area contributed by atoms with E-state index < -0.39 is 22.6 Å². The third-order valence-corrected chi connectivity index (χ3v) is 4.54. The fraction of sp³-hybridized carbons (Fsp3) is 0.714. The second-order valence-electron chi connectivity index (χ2n) is 7.97. The Morgan fingerprint density at radius 1 is 1.16 bits per heavy atom. The lowest BCUT2D eigenvalue weighted by Crippen LogP contribution is -2.69. The molecule has 177 valence electrons. The number of hydrazine groups is 1. The zero-order valence-electron chi connectivity index (χ0n) is 19.1. The van der Waals surface area contributed by atoms with Gasteiger partial charge in [-0.3, -0.25) is 15.0 Å². The van der Waals surface area contributed by atoms with Crippen LogP contribution in [0, 0.1) is 28.0 Å². The van der Waals surface area contributed by atoms with Crippen molar-refractivity contribution in [3.8, 4) is 0 Å². The summed E-state index contributed by atoms with van der Waals surface area (Å²) in [4.78, 5) is 36.2. The summed E-state index contributed by atoms with van der Waals surface area (Å²) in [5.41, 5.74) is 0.0180. The molecule has 0 saturated carbocycles. The highest BCUT2D eigenvalue weighted by atomic mass is 16.7. The number of amides is 2. The number of nitro groups is 1. The lowest BCUT2D eigenvalue weighted by Gasteiger charge is -2.34. The Bertz CT molecular complexity index is 596. The molecule has 0 unspecified atom stereocenters. The third-order valence-electron chi connectivity index (χ3n) is 4.54. The molecular weight excluding hydrogens is 400 g/mol. The lowest BCUT2D eigenvalue weighted by atomic mass is 10.0. The van der Waals surface area contributed by atoms with E-state index in [1.165, 1.54) is 0 Å². The molecule has 0 aliphatic heterocycles. The number of nitrogens with one attached hydrogen (secondary N) is 5. The molecule has 31 heavy (non-hydrogen) atoms. The van der Waals surface area contributed by atoms with Gasteiger partial charge >= 0.3 is 0 Å². The van der Waals surface area contributed by atoms with Crippen LogP contribution in [0.3, 0.4) is 0 Å². The van der Waals surface area contributed by atoms with Crippen molar-refractivity contribution in [1.82, 2.24) is 21.4 Å². The first-order valence-electron chi connectivity index (χ1n) is 11.0.